The second-order valence-corrected chi connectivity index (χ2v) is 5.75. The van der Waals surface area contributed by atoms with Crippen molar-refractivity contribution in [2.45, 2.75) is 0 Å². The van der Waals surface area contributed by atoms with Crippen molar-refractivity contribution in [3.8, 4) is 5.75 Å². The van der Waals surface area contributed by atoms with Gasteiger partial charge in [-0.15, -0.1) is 0 Å². The molecule has 1 aromatic carbocycles. The standard InChI is InChI=1S/C10H4Br3NO3/c11-3-1-4(12)9-7(8(3)13)5(15)2-6(16)10(17)14-9/h1-2,15H,(H,14,16,17). The Morgan fingerprint density at radius 3 is 2.35 bits per heavy atom. The molecule has 0 unspecified atom stereocenters. The predicted molar refractivity (Wildman–Crippen MR) is 75.6 cm³/mol. The van der Waals surface area contributed by atoms with E-state index in [1.54, 1.807) is 6.07 Å². The largest absolute Gasteiger partial charge is 0.507 e. The molecule has 2 rings (SSSR count). The first-order chi connectivity index (χ1) is 7.91. The normalized spacial score (nSPS) is 10.8. The third kappa shape index (κ3) is 2.19. The molecule has 17 heavy (non-hydrogen) atoms. The van der Waals surface area contributed by atoms with E-state index in [1.807, 2.05) is 0 Å². The van der Waals surface area contributed by atoms with Gasteiger partial charge in [-0.05, 0) is 53.9 Å². The van der Waals surface area contributed by atoms with Crippen molar-refractivity contribution >= 4 is 58.7 Å². The van der Waals surface area contributed by atoms with Crippen LogP contribution >= 0.6 is 47.8 Å². The highest BCUT2D eigenvalue weighted by atomic mass is 79.9. The summed E-state index contributed by atoms with van der Waals surface area (Å²) in [6.07, 6.45) is 0. The van der Waals surface area contributed by atoms with Gasteiger partial charge in [0.25, 0.3) is 5.56 Å². The van der Waals surface area contributed by atoms with Crippen LogP contribution in [-0.4, -0.2) is 10.1 Å². The molecule has 0 saturated heterocycles. The van der Waals surface area contributed by atoms with Crippen LogP contribution in [0.3, 0.4) is 0 Å². The smallest absolute Gasteiger partial charge is 0.296 e. The Labute approximate surface area is 120 Å². The third-order valence-electron chi connectivity index (χ3n) is 2.16. The molecule has 0 fully saturated rings. The van der Waals surface area contributed by atoms with Crippen molar-refractivity contribution in [3.05, 3.63) is 46.1 Å². The average molecular weight is 426 g/mol. The number of fused-ring (bicyclic) bond motifs is 1. The summed E-state index contributed by atoms with van der Waals surface area (Å²) in [5, 5.41) is 10.2. The Kier molecular flexibility index (Phi) is 3.42. The van der Waals surface area contributed by atoms with Crippen LogP contribution in [0.1, 0.15) is 0 Å². The topological polar surface area (TPSA) is 70.2 Å². The van der Waals surface area contributed by atoms with E-state index < -0.39 is 11.0 Å². The summed E-state index contributed by atoms with van der Waals surface area (Å²) in [4.78, 5) is 25.2. The zero-order valence-electron chi connectivity index (χ0n) is 8.05. The molecule has 0 spiro atoms. The number of H-pyrrole nitrogens is 1. The van der Waals surface area contributed by atoms with Gasteiger partial charge in [0.05, 0.1) is 10.9 Å². The molecule has 2 aromatic rings. The van der Waals surface area contributed by atoms with Gasteiger partial charge in [0, 0.05) is 19.5 Å². The third-order valence-corrected chi connectivity index (χ3v) is 4.76. The van der Waals surface area contributed by atoms with E-state index >= 15 is 0 Å². The molecule has 2 N–H and O–H groups in total. The first-order valence-corrected chi connectivity index (χ1v) is 6.73. The number of hydrogen-bond donors (Lipinski definition) is 2. The highest BCUT2D eigenvalue weighted by Crippen LogP contribution is 2.38. The van der Waals surface area contributed by atoms with Gasteiger partial charge in [0.1, 0.15) is 5.75 Å². The van der Waals surface area contributed by atoms with Crippen molar-refractivity contribution in [3.63, 3.8) is 0 Å². The van der Waals surface area contributed by atoms with Gasteiger partial charge < -0.3 is 10.1 Å². The first-order valence-electron chi connectivity index (χ1n) is 4.35. The molecule has 0 aliphatic carbocycles. The van der Waals surface area contributed by atoms with Crippen LogP contribution in [0.25, 0.3) is 10.9 Å². The van der Waals surface area contributed by atoms with Crippen molar-refractivity contribution in [2.24, 2.45) is 0 Å². The van der Waals surface area contributed by atoms with Gasteiger partial charge in [-0.3, -0.25) is 9.59 Å². The fourth-order valence-corrected chi connectivity index (χ4v) is 3.17. The van der Waals surface area contributed by atoms with Gasteiger partial charge >= 0.3 is 0 Å². The number of aromatic nitrogens is 1. The Hall–Kier alpha value is -0.660. The number of rotatable bonds is 0. The van der Waals surface area contributed by atoms with Gasteiger partial charge in [0.2, 0.25) is 5.43 Å². The Morgan fingerprint density at radius 2 is 1.71 bits per heavy atom. The van der Waals surface area contributed by atoms with Crippen LogP contribution in [0.5, 0.6) is 5.75 Å². The molecule has 0 bridgehead atoms. The van der Waals surface area contributed by atoms with Crippen LogP contribution < -0.4 is 11.0 Å². The summed E-state index contributed by atoms with van der Waals surface area (Å²) in [5.41, 5.74) is -1.23. The fourth-order valence-electron chi connectivity index (χ4n) is 1.40. The lowest BCUT2D eigenvalue weighted by Gasteiger charge is -2.04. The van der Waals surface area contributed by atoms with E-state index in [0.29, 0.717) is 24.3 Å². The first kappa shape index (κ1) is 12.8. The number of nitrogens with one attached hydrogen (secondary N) is 1. The zero-order chi connectivity index (χ0) is 12.7. The van der Waals surface area contributed by atoms with Crippen LogP contribution in [0.4, 0.5) is 0 Å². The number of halogens is 3. The number of aromatic amines is 1. The molecular weight excluding hydrogens is 422 g/mol. The van der Waals surface area contributed by atoms with E-state index in [-0.39, 0.29) is 5.75 Å². The maximum absolute atomic E-state index is 11.4. The minimum atomic E-state index is -0.798. The van der Waals surface area contributed by atoms with E-state index in [0.717, 1.165) is 6.07 Å². The lowest BCUT2D eigenvalue weighted by Crippen LogP contribution is -2.22. The van der Waals surface area contributed by atoms with Gasteiger partial charge in [-0.2, -0.15) is 0 Å². The number of benzene rings is 1. The van der Waals surface area contributed by atoms with E-state index in [1.165, 1.54) is 0 Å². The highest BCUT2D eigenvalue weighted by molar-refractivity contribution is 9.13. The molecule has 1 heterocycles. The summed E-state index contributed by atoms with van der Waals surface area (Å²) >= 11 is 9.84. The summed E-state index contributed by atoms with van der Waals surface area (Å²) in [5.74, 6) is -0.266. The quantitative estimate of drug-likeness (QED) is 0.503. The van der Waals surface area contributed by atoms with Crippen LogP contribution in [0, 0.1) is 0 Å². The summed E-state index contributed by atoms with van der Waals surface area (Å²) in [7, 11) is 0. The molecule has 1 aromatic heterocycles. The van der Waals surface area contributed by atoms with Crippen molar-refractivity contribution < 1.29 is 5.11 Å². The summed E-state index contributed by atoms with van der Waals surface area (Å²) in [6, 6.07) is 2.59. The second kappa shape index (κ2) is 4.55. The predicted octanol–water partition coefficient (Wildman–Crippen LogP) is 2.88. The molecule has 4 nitrogen and oxygen atoms in total. The van der Waals surface area contributed by atoms with Gasteiger partial charge in [0.15, 0.2) is 0 Å². The zero-order valence-corrected chi connectivity index (χ0v) is 12.8. The molecular formula is C10H4Br3NO3. The van der Waals surface area contributed by atoms with Crippen molar-refractivity contribution in [1.82, 2.24) is 4.98 Å². The second-order valence-electron chi connectivity index (χ2n) is 3.25. The van der Waals surface area contributed by atoms with Gasteiger partial charge in [-0.1, -0.05) is 0 Å². The van der Waals surface area contributed by atoms with Crippen molar-refractivity contribution in [1.29, 1.82) is 0 Å². The average Bonchev–Trinajstić information content (AvgIpc) is 2.35. The molecule has 0 aliphatic heterocycles. The maximum Gasteiger partial charge on any atom is 0.296 e. The van der Waals surface area contributed by atoms with Crippen LogP contribution in [0.2, 0.25) is 0 Å². The molecule has 0 aliphatic rings. The molecule has 7 heteroatoms. The monoisotopic (exact) mass is 423 g/mol. The molecule has 0 radical (unpaired) electrons. The van der Waals surface area contributed by atoms with E-state index in [9.17, 15) is 14.7 Å². The Bertz CT molecular complexity index is 739. The summed E-state index contributed by atoms with van der Waals surface area (Å²) in [6.45, 7) is 0. The Balaban J connectivity index is 3.24. The minimum Gasteiger partial charge on any atom is -0.507 e. The van der Waals surface area contributed by atoms with Gasteiger partial charge in [-0.25, -0.2) is 0 Å². The highest BCUT2D eigenvalue weighted by Gasteiger charge is 2.12. The van der Waals surface area contributed by atoms with Crippen molar-refractivity contribution in [2.75, 3.05) is 0 Å². The lowest BCUT2D eigenvalue weighted by atomic mass is 10.2. The molecule has 0 saturated carbocycles. The maximum atomic E-state index is 11.4. The fraction of sp³-hybridized carbons (Fsp3) is 0. The SMILES string of the molecule is O=c1cc(O)c2c(Br)c(Br)cc(Br)c2[nH]c1=O. The van der Waals surface area contributed by atoms with Crippen LogP contribution in [-0.2, 0) is 0 Å². The minimum absolute atomic E-state index is 0.266. The molecule has 0 atom stereocenters. The lowest BCUT2D eigenvalue weighted by molar-refractivity contribution is 0.481. The molecule has 88 valence electrons. The van der Waals surface area contributed by atoms with Crippen LogP contribution in [0.15, 0.2) is 35.1 Å². The molecule has 0 amide bonds. The Morgan fingerprint density at radius 1 is 1.06 bits per heavy atom. The summed E-state index contributed by atoms with van der Waals surface area (Å²) < 4.78 is 1.80. The van der Waals surface area contributed by atoms with E-state index in [2.05, 4.69) is 52.8 Å². The van der Waals surface area contributed by atoms with E-state index in [4.69, 9.17) is 0 Å². The number of aromatic hydroxyl groups is 1. The number of hydrogen-bond acceptors (Lipinski definition) is 3.